The van der Waals surface area contributed by atoms with E-state index in [1.807, 2.05) is 0 Å². The van der Waals surface area contributed by atoms with Gasteiger partial charge in [0.05, 0.1) is 11.1 Å². The van der Waals surface area contributed by atoms with Crippen molar-refractivity contribution >= 4 is 40.1 Å². The standard InChI is InChI=1S/C15H13Cl2NO4/c16-9-4-8-5-11(15(20)22-13(8)12(17)6-9)14(19)18-7-10-2-1-3-21-10/h4-6,10H,1-3,7H2,(H,18,19)/t10-/m1/s1. The average molecular weight is 342 g/mol. The number of rotatable bonds is 3. The van der Waals surface area contributed by atoms with Crippen LogP contribution in [-0.4, -0.2) is 25.2 Å². The number of carbonyl (C=O) groups excluding carboxylic acids is 1. The van der Waals surface area contributed by atoms with Crippen LogP contribution < -0.4 is 10.9 Å². The van der Waals surface area contributed by atoms with Gasteiger partial charge in [-0.2, -0.15) is 0 Å². The third-order valence-corrected chi connectivity index (χ3v) is 4.01. The first-order chi connectivity index (χ1) is 10.5. The Bertz CT molecular complexity index is 781. The minimum Gasteiger partial charge on any atom is -0.421 e. The maximum Gasteiger partial charge on any atom is 0.349 e. The maximum absolute atomic E-state index is 12.1. The molecule has 1 saturated heterocycles. The van der Waals surface area contributed by atoms with E-state index in [2.05, 4.69) is 5.32 Å². The number of halogens is 2. The van der Waals surface area contributed by atoms with E-state index in [-0.39, 0.29) is 22.3 Å². The summed E-state index contributed by atoms with van der Waals surface area (Å²) >= 11 is 11.9. The van der Waals surface area contributed by atoms with Crippen LogP contribution in [0.15, 0.2) is 27.4 Å². The molecule has 0 saturated carbocycles. The Balaban J connectivity index is 1.87. The molecule has 2 aromatic rings. The quantitative estimate of drug-likeness (QED) is 0.871. The molecule has 1 aromatic heterocycles. The minimum atomic E-state index is -0.735. The molecule has 116 valence electrons. The maximum atomic E-state index is 12.1. The molecule has 5 nitrogen and oxygen atoms in total. The zero-order valence-corrected chi connectivity index (χ0v) is 13.0. The van der Waals surface area contributed by atoms with Crippen molar-refractivity contribution in [2.45, 2.75) is 18.9 Å². The summed E-state index contributed by atoms with van der Waals surface area (Å²) in [5.41, 5.74) is -0.600. The van der Waals surface area contributed by atoms with Crippen LogP contribution in [0.25, 0.3) is 11.0 Å². The Morgan fingerprint density at radius 1 is 1.32 bits per heavy atom. The van der Waals surface area contributed by atoms with Gasteiger partial charge in [-0.1, -0.05) is 23.2 Å². The molecule has 22 heavy (non-hydrogen) atoms. The Morgan fingerprint density at radius 3 is 2.86 bits per heavy atom. The first kappa shape index (κ1) is 15.3. The molecule has 0 aliphatic carbocycles. The van der Waals surface area contributed by atoms with E-state index in [0.29, 0.717) is 23.6 Å². The highest BCUT2D eigenvalue weighted by atomic mass is 35.5. The molecular formula is C15H13Cl2NO4. The van der Waals surface area contributed by atoms with E-state index in [9.17, 15) is 9.59 Å². The van der Waals surface area contributed by atoms with Gasteiger partial charge < -0.3 is 14.5 Å². The monoisotopic (exact) mass is 341 g/mol. The van der Waals surface area contributed by atoms with Gasteiger partial charge in [0.2, 0.25) is 0 Å². The summed E-state index contributed by atoms with van der Waals surface area (Å²) in [5.74, 6) is -0.498. The summed E-state index contributed by atoms with van der Waals surface area (Å²) in [6.45, 7) is 1.07. The van der Waals surface area contributed by atoms with Gasteiger partial charge in [0, 0.05) is 23.6 Å². The van der Waals surface area contributed by atoms with Crippen LogP contribution >= 0.6 is 23.2 Å². The summed E-state index contributed by atoms with van der Waals surface area (Å²) in [4.78, 5) is 24.1. The normalized spacial score (nSPS) is 17.8. The number of benzene rings is 1. The first-order valence-corrected chi connectivity index (χ1v) is 7.63. The van der Waals surface area contributed by atoms with E-state index in [4.69, 9.17) is 32.4 Å². The Hall–Kier alpha value is -1.56. The zero-order chi connectivity index (χ0) is 15.7. The Labute approximate surface area is 136 Å². The van der Waals surface area contributed by atoms with Crippen molar-refractivity contribution in [3.63, 3.8) is 0 Å². The van der Waals surface area contributed by atoms with Gasteiger partial charge in [-0.25, -0.2) is 4.79 Å². The molecule has 7 heteroatoms. The molecule has 1 aliphatic rings. The van der Waals surface area contributed by atoms with Crippen LogP contribution in [0, 0.1) is 0 Å². The van der Waals surface area contributed by atoms with E-state index < -0.39 is 11.5 Å². The summed E-state index contributed by atoms with van der Waals surface area (Å²) in [6.07, 6.45) is 1.88. The second-order valence-electron chi connectivity index (χ2n) is 5.10. The van der Waals surface area contributed by atoms with Crippen LogP contribution in [0.3, 0.4) is 0 Å². The number of ether oxygens (including phenoxy) is 1. The topological polar surface area (TPSA) is 68.5 Å². The first-order valence-electron chi connectivity index (χ1n) is 6.87. The fourth-order valence-corrected chi connectivity index (χ4v) is 2.97. The van der Waals surface area contributed by atoms with Crippen molar-refractivity contribution < 1.29 is 13.9 Å². The van der Waals surface area contributed by atoms with Gasteiger partial charge in [-0.05, 0) is 31.0 Å². The van der Waals surface area contributed by atoms with Gasteiger partial charge in [-0.15, -0.1) is 0 Å². The van der Waals surface area contributed by atoms with Gasteiger partial charge >= 0.3 is 5.63 Å². The van der Waals surface area contributed by atoms with Crippen LogP contribution in [0.4, 0.5) is 0 Å². The summed E-state index contributed by atoms with van der Waals surface area (Å²) in [6, 6.07) is 4.50. The van der Waals surface area contributed by atoms with Gasteiger partial charge in [0.15, 0.2) is 5.58 Å². The SMILES string of the molecule is O=C(NC[C@H]1CCCO1)c1cc2cc(Cl)cc(Cl)c2oc1=O. The average Bonchev–Trinajstić information content (AvgIpc) is 2.98. The third kappa shape index (κ3) is 3.11. The molecular weight excluding hydrogens is 329 g/mol. The lowest BCUT2D eigenvalue weighted by atomic mass is 10.1. The minimum absolute atomic E-state index is 0.000311. The molecule has 0 radical (unpaired) electrons. The second kappa shape index (κ2) is 6.28. The van der Waals surface area contributed by atoms with E-state index in [1.165, 1.54) is 12.1 Å². The van der Waals surface area contributed by atoms with Gasteiger partial charge in [-0.3, -0.25) is 4.79 Å². The lowest BCUT2D eigenvalue weighted by Gasteiger charge is -2.10. The van der Waals surface area contributed by atoms with E-state index >= 15 is 0 Å². The molecule has 1 fully saturated rings. The molecule has 0 unspecified atom stereocenters. The molecule has 1 N–H and O–H groups in total. The van der Waals surface area contributed by atoms with Crippen molar-refractivity contribution in [3.05, 3.63) is 44.2 Å². The molecule has 0 bridgehead atoms. The lowest BCUT2D eigenvalue weighted by molar-refractivity contribution is 0.0855. The predicted molar refractivity (Wildman–Crippen MR) is 83.8 cm³/mol. The number of nitrogens with one attached hydrogen (secondary N) is 1. The molecule has 1 aromatic carbocycles. The number of hydrogen-bond donors (Lipinski definition) is 1. The second-order valence-corrected chi connectivity index (χ2v) is 5.94. The highest BCUT2D eigenvalue weighted by Gasteiger charge is 2.19. The van der Waals surface area contributed by atoms with Crippen LogP contribution in [0.1, 0.15) is 23.2 Å². The molecule has 1 atom stereocenters. The van der Waals surface area contributed by atoms with E-state index in [1.54, 1.807) is 6.07 Å². The van der Waals surface area contributed by atoms with Crippen LogP contribution in [0.5, 0.6) is 0 Å². The number of carbonyl (C=O) groups is 1. The zero-order valence-electron chi connectivity index (χ0n) is 11.5. The highest BCUT2D eigenvalue weighted by molar-refractivity contribution is 6.38. The van der Waals surface area contributed by atoms with Crippen molar-refractivity contribution in [1.29, 1.82) is 0 Å². The van der Waals surface area contributed by atoms with Gasteiger partial charge in [0.25, 0.3) is 5.91 Å². The van der Waals surface area contributed by atoms with Crippen molar-refractivity contribution in [3.8, 4) is 0 Å². The molecule has 0 spiro atoms. The molecule has 2 heterocycles. The smallest absolute Gasteiger partial charge is 0.349 e. The Kier molecular flexibility index (Phi) is 4.38. The molecule has 3 rings (SSSR count). The Morgan fingerprint density at radius 2 is 2.14 bits per heavy atom. The fourth-order valence-electron chi connectivity index (χ4n) is 2.42. The number of hydrogen-bond acceptors (Lipinski definition) is 4. The van der Waals surface area contributed by atoms with Crippen molar-refractivity contribution in [2.75, 3.05) is 13.2 Å². The van der Waals surface area contributed by atoms with Crippen LogP contribution in [0.2, 0.25) is 10.0 Å². The van der Waals surface area contributed by atoms with Crippen LogP contribution in [-0.2, 0) is 4.74 Å². The highest BCUT2D eigenvalue weighted by Crippen LogP contribution is 2.27. The molecule has 1 amide bonds. The number of amides is 1. The summed E-state index contributed by atoms with van der Waals surface area (Å²) in [5, 5.41) is 3.81. The summed E-state index contributed by atoms with van der Waals surface area (Å²) < 4.78 is 10.6. The van der Waals surface area contributed by atoms with Crippen molar-refractivity contribution in [1.82, 2.24) is 5.32 Å². The summed E-state index contributed by atoms with van der Waals surface area (Å²) in [7, 11) is 0. The lowest BCUT2D eigenvalue weighted by Crippen LogP contribution is -2.34. The number of fused-ring (bicyclic) bond motifs is 1. The van der Waals surface area contributed by atoms with Gasteiger partial charge in [0.1, 0.15) is 5.56 Å². The molecule has 1 aliphatic heterocycles. The van der Waals surface area contributed by atoms with E-state index in [0.717, 1.165) is 12.8 Å². The predicted octanol–water partition coefficient (Wildman–Crippen LogP) is 3.01. The van der Waals surface area contributed by atoms with Crippen molar-refractivity contribution in [2.24, 2.45) is 0 Å². The fraction of sp³-hybridized carbons (Fsp3) is 0.333. The third-order valence-electron chi connectivity index (χ3n) is 3.51. The largest absolute Gasteiger partial charge is 0.421 e.